The Morgan fingerprint density at radius 2 is 2.00 bits per heavy atom. The number of aliphatic hydroxyl groups is 1. The van der Waals surface area contributed by atoms with Gasteiger partial charge >= 0.3 is 0 Å². The fourth-order valence-electron chi connectivity index (χ4n) is 2.09. The molecule has 0 bridgehead atoms. The van der Waals surface area contributed by atoms with E-state index in [0.29, 0.717) is 12.5 Å². The Balaban J connectivity index is 1.80. The molecule has 0 aliphatic heterocycles. The number of hydrogen-bond donors (Lipinski definition) is 1. The van der Waals surface area contributed by atoms with E-state index in [4.69, 9.17) is 4.74 Å². The largest absolute Gasteiger partial charge is 0.393 e. The summed E-state index contributed by atoms with van der Waals surface area (Å²) in [4.78, 5) is 0. The predicted octanol–water partition coefficient (Wildman–Crippen LogP) is 2.36. The van der Waals surface area contributed by atoms with Gasteiger partial charge in [0.05, 0.1) is 18.8 Å². The number of hydrogen-bond acceptors (Lipinski definition) is 2. The normalized spacial score (nSPS) is 30.7. The monoisotopic (exact) mass is 206 g/mol. The maximum Gasteiger partial charge on any atom is 0.0720 e. The third-order valence-corrected chi connectivity index (χ3v) is 3.12. The van der Waals surface area contributed by atoms with E-state index in [1.54, 1.807) is 0 Å². The number of aliphatic hydroxyl groups excluding tert-OH is 1. The van der Waals surface area contributed by atoms with E-state index in [2.05, 4.69) is 19.1 Å². The van der Waals surface area contributed by atoms with Crippen molar-refractivity contribution < 1.29 is 9.84 Å². The highest BCUT2D eigenvalue weighted by Gasteiger charge is 2.30. The van der Waals surface area contributed by atoms with Crippen LogP contribution < -0.4 is 0 Å². The minimum atomic E-state index is -0.175. The first-order valence-corrected chi connectivity index (χ1v) is 5.59. The van der Waals surface area contributed by atoms with E-state index in [0.717, 1.165) is 12.8 Å². The van der Waals surface area contributed by atoms with E-state index in [1.165, 1.54) is 5.56 Å². The van der Waals surface area contributed by atoms with Crippen LogP contribution in [0, 0.1) is 5.92 Å². The summed E-state index contributed by atoms with van der Waals surface area (Å²) in [5, 5.41) is 9.59. The lowest BCUT2D eigenvalue weighted by atomic mass is 10.1. The van der Waals surface area contributed by atoms with Gasteiger partial charge in [0.15, 0.2) is 0 Å². The van der Waals surface area contributed by atoms with Gasteiger partial charge in [-0.15, -0.1) is 0 Å². The maximum absolute atomic E-state index is 9.59. The van der Waals surface area contributed by atoms with Crippen LogP contribution >= 0.6 is 0 Å². The van der Waals surface area contributed by atoms with Gasteiger partial charge < -0.3 is 9.84 Å². The zero-order valence-electron chi connectivity index (χ0n) is 9.10. The van der Waals surface area contributed by atoms with Crippen molar-refractivity contribution in [2.75, 3.05) is 0 Å². The molecule has 1 fully saturated rings. The van der Waals surface area contributed by atoms with Crippen LogP contribution in [0.2, 0.25) is 0 Å². The molecule has 2 rings (SSSR count). The summed E-state index contributed by atoms with van der Waals surface area (Å²) in [6.07, 6.45) is 1.82. The molecule has 1 aliphatic rings. The van der Waals surface area contributed by atoms with Crippen LogP contribution in [-0.4, -0.2) is 17.3 Å². The molecule has 0 radical (unpaired) electrons. The van der Waals surface area contributed by atoms with Gasteiger partial charge in [-0.1, -0.05) is 37.3 Å². The summed E-state index contributed by atoms with van der Waals surface area (Å²) in [6.45, 7) is 2.74. The SMILES string of the molecule is C[C@H]1C[C@H](OCc2ccccc2)C[C@H]1O. The number of ether oxygens (including phenoxy) is 1. The predicted molar refractivity (Wildman–Crippen MR) is 59.4 cm³/mol. The van der Waals surface area contributed by atoms with Crippen LogP contribution in [0.25, 0.3) is 0 Å². The van der Waals surface area contributed by atoms with Crippen LogP contribution in [0.4, 0.5) is 0 Å². The average molecular weight is 206 g/mol. The maximum atomic E-state index is 9.59. The highest BCUT2D eigenvalue weighted by molar-refractivity contribution is 5.13. The van der Waals surface area contributed by atoms with E-state index in [-0.39, 0.29) is 12.2 Å². The molecule has 1 saturated carbocycles. The Labute approximate surface area is 90.9 Å². The zero-order valence-corrected chi connectivity index (χ0v) is 9.10. The van der Waals surface area contributed by atoms with E-state index in [9.17, 15) is 5.11 Å². The molecule has 1 aliphatic carbocycles. The van der Waals surface area contributed by atoms with Crippen molar-refractivity contribution in [2.45, 2.75) is 38.6 Å². The minimum Gasteiger partial charge on any atom is -0.393 e. The average Bonchev–Trinajstić information content (AvgIpc) is 2.57. The number of benzene rings is 1. The van der Waals surface area contributed by atoms with Gasteiger partial charge in [0, 0.05) is 0 Å². The molecule has 2 nitrogen and oxygen atoms in total. The van der Waals surface area contributed by atoms with Crippen molar-refractivity contribution in [2.24, 2.45) is 5.92 Å². The topological polar surface area (TPSA) is 29.5 Å². The van der Waals surface area contributed by atoms with E-state index < -0.39 is 0 Å². The third kappa shape index (κ3) is 2.80. The van der Waals surface area contributed by atoms with Crippen molar-refractivity contribution >= 4 is 0 Å². The summed E-state index contributed by atoms with van der Waals surface area (Å²) in [6, 6.07) is 10.2. The zero-order chi connectivity index (χ0) is 10.7. The van der Waals surface area contributed by atoms with Crippen molar-refractivity contribution in [1.82, 2.24) is 0 Å². The van der Waals surface area contributed by atoms with Crippen LogP contribution in [-0.2, 0) is 11.3 Å². The van der Waals surface area contributed by atoms with Gasteiger partial charge in [0.25, 0.3) is 0 Å². The minimum absolute atomic E-state index is 0.175. The van der Waals surface area contributed by atoms with Gasteiger partial charge in [-0.25, -0.2) is 0 Å². The molecule has 2 heteroatoms. The molecule has 15 heavy (non-hydrogen) atoms. The Morgan fingerprint density at radius 1 is 1.27 bits per heavy atom. The molecule has 0 heterocycles. The molecule has 1 N–H and O–H groups in total. The molecular formula is C13H18O2. The number of rotatable bonds is 3. The van der Waals surface area contributed by atoms with Gasteiger partial charge in [-0.2, -0.15) is 0 Å². The second-order valence-corrected chi connectivity index (χ2v) is 4.43. The van der Waals surface area contributed by atoms with Gasteiger partial charge in [0.1, 0.15) is 0 Å². The molecule has 82 valence electrons. The second-order valence-electron chi connectivity index (χ2n) is 4.43. The third-order valence-electron chi connectivity index (χ3n) is 3.12. The van der Waals surface area contributed by atoms with Crippen molar-refractivity contribution in [3.05, 3.63) is 35.9 Å². The fourth-order valence-corrected chi connectivity index (χ4v) is 2.09. The van der Waals surface area contributed by atoms with Crippen LogP contribution in [0.15, 0.2) is 30.3 Å². The fraction of sp³-hybridized carbons (Fsp3) is 0.538. The lowest BCUT2D eigenvalue weighted by Crippen LogP contribution is -2.10. The molecule has 0 amide bonds. The molecule has 0 aromatic heterocycles. The van der Waals surface area contributed by atoms with Gasteiger partial charge in [0.2, 0.25) is 0 Å². The Morgan fingerprint density at radius 3 is 2.60 bits per heavy atom. The van der Waals surface area contributed by atoms with Gasteiger partial charge in [-0.05, 0) is 24.3 Å². The first-order chi connectivity index (χ1) is 7.25. The Kier molecular flexibility index (Phi) is 3.39. The molecule has 0 unspecified atom stereocenters. The summed E-state index contributed by atoms with van der Waals surface area (Å²) >= 11 is 0. The lowest BCUT2D eigenvalue weighted by Gasteiger charge is -2.11. The molecule has 0 saturated heterocycles. The second kappa shape index (κ2) is 4.77. The van der Waals surface area contributed by atoms with Crippen molar-refractivity contribution in [3.8, 4) is 0 Å². The van der Waals surface area contributed by atoms with Crippen LogP contribution in [0.5, 0.6) is 0 Å². The molecule has 1 aromatic rings. The summed E-state index contributed by atoms with van der Waals surface area (Å²) < 4.78 is 5.77. The van der Waals surface area contributed by atoms with Gasteiger partial charge in [-0.3, -0.25) is 0 Å². The highest BCUT2D eigenvalue weighted by Crippen LogP contribution is 2.28. The summed E-state index contributed by atoms with van der Waals surface area (Å²) in [5.41, 5.74) is 1.20. The van der Waals surface area contributed by atoms with E-state index >= 15 is 0 Å². The van der Waals surface area contributed by atoms with Crippen molar-refractivity contribution in [3.63, 3.8) is 0 Å². The Hall–Kier alpha value is -0.860. The standard InChI is InChI=1S/C13H18O2/c1-10-7-12(8-13(10)14)15-9-11-5-3-2-4-6-11/h2-6,10,12-14H,7-9H2,1H3/t10-,12-,13+/m0/s1. The first-order valence-electron chi connectivity index (χ1n) is 5.59. The Bertz CT molecular complexity index is 287. The van der Waals surface area contributed by atoms with Crippen molar-refractivity contribution in [1.29, 1.82) is 0 Å². The van der Waals surface area contributed by atoms with E-state index in [1.807, 2.05) is 18.2 Å². The smallest absolute Gasteiger partial charge is 0.0720 e. The summed E-state index contributed by atoms with van der Waals surface area (Å²) in [7, 11) is 0. The molecule has 1 aromatic carbocycles. The molecular weight excluding hydrogens is 188 g/mol. The lowest BCUT2D eigenvalue weighted by molar-refractivity contribution is 0.0357. The molecule has 0 spiro atoms. The molecule has 3 atom stereocenters. The van der Waals surface area contributed by atoms with Crippen LogP contribution in [0.3, 0.4) is 0 Å². The quantitative estimate of drug-likeness (QED) is 0.822. The van der Waals surface area contributed by atoms with Crippen LogP contribution in [0.1, 0.15) is 25.3 Å². The highest BCUT2D eigenvalue weighted by atomic mass is 16.5. The first kappa shape index (κ1) is 10.7. The summed E-state index contributed by atoms with van der Waals surface area (Å²) in [5.74, 6) is 0.380.